The summed E-state index contributed by atoms with van der Waals surface area (Å²) in [6.07, 6.45) is 0.834. The molecule has 0 saturated heterocycles. The van der Waals surface area contributed by atoms with E-state index in [1.54, 1.807) is 19.2 Å². The third kappa shape index (κ3) is 2.67. The fourth-order valence-corrected chi connectivity index (χ4v) is 3.06. The van der Waals surface area contributed by atoms with Crippen LogP contribution in [-0.2, 0) is 4.74 Å². The van der Waals surface area contributed by atoms with E-state index in [2.05, 4.69) is 4.98 Å². The van der Waals surface area contributed by atoms with Gasteiger partial charge in [-0.2, -0.15) is 0 Å². The number of para-hydroxylation sites is 1. The van der Waals surface area contributed by atoms with Crippen molar-refractivity contribution in [2.75, 3.05) is 0 Å². The van der Waals surface area contributed by atoms with E-state index in [-0.39, 0.29) is 5.78 Å². The monoisotopic (exact) mass is 313 g/mol. The van der Waals surface area contributed by atoms with Crippen LogP contribution in [0.2, 0.25) is 0 Å². The molecule has 2 aromatic heterocycles. The highest BCUT2D eigenvalue weighted by molar-refractivity contribution is 7.13. The average molecular weight is 313 g/mol. The number of fused-ring (bicyclic) bond motifs is 1. The molecule has 0 aliphatic carbocycles. The van der Waals surface area contributed by atoms with Gasteiger partial charge >= 0.3 is 5.97 Å². The molecule has 4 nitrogen and oxygen atoms in total. The van der Waals surface area contributed by atoms with E-state index in [0.717, 1.165) is 15.8 Å². The number of Topliss-reactive ketones (excluding diaryl/α,β-unsaturated/α-hetero) is 1. The summed E-state index contributed by atoms with van der Waals surface area (Å²) >= 11 is 1.36. The normalized spacial score (nSPS) is 12.3. The van der Waals surface area contributed by atoms with Crippen molar-refractivity contribution < 1.29 is 14.3 Å². The van der Waals surface area contributed by atoms with Gasteiger partial charge in [-0.1, -0.05) is 18.2 Å². The number of benzene rings is 1. The van der Waals surface area contributed by atoms with Crippen molar-refractivity contribution in [2.45, 2.75) is 20.0 Å². The molecule has 0 aliphatic heterocycles. The SMILES string of the molecule is Cc1ccc(C(=O)O[C@H](C)C(=O)c2c[nH]c3ccccc23)s1. The lowest BCUT2D eigenvalue weighted by molar-refractivity contribution is 0.0324. The predicted octanol–water partition coefficient (Wildman–Crippen LogP) is 3.97. The van der Waals surface area contributed by atoms with E-state index >= 15 is 0 Å². The number of aryl methyl sites for hydroxylation is 1. The Morgan fingerprint density at radius 3 is 2.68 bits per heavy atom. The number of esters is 1. The van der Waals surface area contributed by atoms with Crippen LogP contribution in [0.15, 0.2) is 42.6 Å². The highest BCUT2D eigenvalue weighted by Gasteiger charge is 2.23. The number of rotatable bonds is 4. The molecule has 0 spiro atoms. The lowest BCUT2D eigenvalue weighted by Crippen LogP contribution is -2.23. The average Bonchev–Trinajstić information content (AvgIpc) is 3.12. The Morgan fingerprint density at radius 2 is 1.95 bits per heavy atom. The second kappa shape index (κ2) is 5.77. The minimum absolute atomic E-state index is 0.209. The molecule has 0 aliphatic rings. The summed E-state index contributed by atoms with van der Waals surface area (Å²) in [5.74, 6) is -0.669. The Labute approximate surface area is 131 Å². The number of aromatic amines is 1. The van der Waals surface area contributed by atoms with Gasteiger partial charge in [0.25, 0.3) is 0 Å². The van der Waals surface area contributed by atoms with E-state index in [9.17, 15) is 9.59 Å². The van der Waals surface area contributed by atoms with Crippen LogP contribution in [0.5, 0.6) is 0 Å². The van der Waals surface area contributed by atoms with Gasteiger partial charge < -0.3 is 9.72 Å². The van der Waals surface area contributed by atoms with Gasteiger partial charge in [-0.15, -0.1) is 11.3 Å². The van der Waals surface area contributed by atoms with Crippen molar-refractivity contribution in [3.05, 3.63) is 57.9 Å². The second-order valence-electron chi connectivity index (χ2n) is 5.07. The first kappa shape index (κ1) is 14.5. The lowest BCUT2D eigenvalue weighted by atomic mass is 10.1. The quantitative estimate of drug-likeness (QED) is 0.586. The van der Waals surface area contributed by atoms with Crippen LogP contribution in [0.4, 0.5) is 0 Å². The van der Waals surface area contributed by atoms with E-state index in [1.165, 1.54) is 11.3 Å². The van der Waals surface area contributed by atoms with Crippen molar-refractivity contribution in [3.8, 4) is 0 Å². The molecule has 22 heavy (non-hydrogen) atoms. The highest BCUT2D eigenvalue weighted by Crippen LogP contribution is 2.21. The van der Waals surface area contributed by atoms with Crippen LogP contribution in [0.3, 0.4) is 0 Å². The summed E-state index contributed by atoms with van der Waals surface area (Å²) < 4.78 is 5.29. The number of ether oxygens (including phenoxy) is 1. The minimum Gasteiger partial charge on any atom is -0.450 e. The molecule has 0 radical (unpaired) electrons. The van der Waals surface area contributed by atoms with Gasteiger partial charge in [-0.05, 0) is 32.0 Å². The smallest absolute Gasteiger partial charge is 0.349 e. The van der Waals surface area contributed by atoms with Gasteiger partial charge in [0.15, 0.2) is 6.10 Å². The van der Waals surface area contributed by atoms with Crippen molar-refractivity contribution in [1.82, 2.24) is 4.98 Å². The third-order valence-electron chi connectivity index (χ3n) is 3.45. The number of H-pyrrole nitrogens is 1. The number of carbonyl (C=O) groups excluding carboxylic acids is 2. The zero-order valence-electron chi connectivity index (χ0n) is 12.3. The lowest BCUT2D eigenvalue weighted by Gasteiger charge is -2.11. The fourth-order valence-electron chi connectivity index (χ4n) is 2.31. The van der Waals surface area contributed by atoms with Crippen molar-refractivity contribution in [2.24, 2.45) is 0 Å². The molecule has 112 valence electrons. The molecule has 3 aromatic rings. The van der Waals surface area contributed by atoms with Crippen LogP contribution < -0.4 is 0 Å². The summed E-state index contributed by atoms with van der Waals surface area (Å²) in [4.78, 5) is 29.1. The molecule has 1 aromatic carbocycles. The van der Waals surface area contributed by atoms with Crippen LogP contribution in [-0.4, -0.2) is 22.8 Å². The topological polar surface area (TPSA) is 59.2 Å². The summed E-state index contributed by atoms with van der Waals surface area (Å²) in [5, 5.41) is 0.836. The molecule has 1 atom stereocenters. The Kier molecular flexibility index (Phi) is 3.81. The Hall–Kier alpha value is -2.40. The first-order valence-corrected chi connectivity index (χ1v) is 7.75. The first-order valence-electron chi connectivity index (χ1n) is 6.94. The van der Waals surface area contributed by atoms with E-state index in [4.69, 9.17) is 4.74 Å². The number of nitrogens with one attached hydrogen (secondary N) is 1. The highest BCUT2D eigenvalue weighted by atomic mass is 32.1. The molecule has 0 bridgehead atoms. The minimum atomic E-state index is -0.825. The largest absolute Gasteiger partial charge is 0.450 e. The summed E-state index contributed by atoms with van der Waals surface area (Å²) in [6.45, 7) is 3.52. The summed E-state index contributed by atoms with van der Waals surface area (Å²) in [5.41, 5.74) is 1.43. The maximum Gasteiger partial charge on any atom is 0.349 e. The first-order chi connectivity index (χ1) is 10.6. The Morgan fingerprint density at radius 1 is 1.18 bits per heavy atom. The number of hydrogen-bond donors (Lipinski definition) is 1. The molecule has 0 saturated carbocycles. The summed E-state index contributed by atoms with van der Waals surface area (Å²) in [6, 6.07) is 11.1. The van der Waals surface area contributed by atoms with Gasteiger partial charge in [-0.3, -0.25) is 4.79 Å². The van der Waals surface area contributed by atoms with Crippen molar-refractivity contribution in [3.63, 3.8) is 0 Å². The molecular formula is C17H15NO3S. The maximum atomic E-state index is 12.5. The molecule has 0 amide bonds. The number of ketones is 1. The maximum absolute atomic E-state index is 12.5. The Bertz CT molecular complexity index is 846. The molecule has 2 heterocycles. The fraction of sp³-hybridized carbons (Fsp3) is 0.176. The van der Waals surface area contributed by atoms with Gasteiger partial charge in [-0.25, -0.2) is 4.79 Å². The van der Waals surface area contributed by atoms with Gasteiger partial charge in [0.1, 0.15) is 4.88 Å². The number of aromatic nitrogens is 1. The summed E-state index contributed by atoms with van der Waals surface area (Å²) in [7, 11) is 0. The zero-order valence-corrected chi connectivity index (χ0v) is 13.1. The van der Waals surface area contributed by atoms with E-state index in [1.807, 2.05) is 37.3 Å². The Balaban J connectivity index is 1.78. The molecule has 0 unspecified atom stereocenters. The van der Waals surface area contributed by atoms with E-state index < -0.39 is 12.1 Å². The van der Waals surface area contributed by atoms with Crippen LogP contribution in [0, 0.1) is 6.92 Å². The molecule has 5 heteroatoms. The second-order valence-corrected chi connectivity index (χ2v) is 6.36. The molecule has 3 rings (SSSR count). The van der Waals surface area contributed by atoms with Crippen LogP contribution in [0.25, 0.3) is 10.9 Å². The van der Waals surface area contributed by atoms with Gasteiger partial charge in [0.2, 0.25) is 5.78 Å². The standard InChI is InChI=1S/C17H15NO3S/c1-10-7-8-15(22-10)17(20)21-11(2)16(19)13-9-18-14-6-4-3-5-12(13)14/h3-9,11,18H,1-2H3/t11-/m1/s1. The molecule has 1 N–H and O–H groups in total. The van der Waals surface area contributed by atoms with Crippen molar-refractivity contribution in [1.29, 1.82) is 0 Å². The number of carbonyl (C=O) groups is 2. The number of hydrogen-bond acceptors (Lipinski definition) is 4. The van der Waals surface area contributed by atoms with Crippen LogP contribution >= 0.6 is 11.3 Å². The van der Waals surface area contributed by atoms with Crippen molar-refractivity contribution >= 4 is 34.0 Å². The predicted molar refractivity (Wildman–Crippen MR) is 86.6 cm³/mol. The van der Waals surface area contributed by atoms with E-state index in [0.29, 0.717) is 10.4 Å². The number of thiophene rings is 1. The van der Waals surface area contributed by atoms with Gasteiger partial charge in [0.05, 0.1) is 0 Å². The zero-order chi connectivity index (χ0) is 15.7. The molecule has 0 fully saturated rings. The van der Waals surface area contributed by atoms with Crippen LogP contribution in [0.1, 0.15) is 31.8 Å². The third-order valence-corrected chi connectivity index (χ3v) is 4.43. The van der Waals surface area contributed by atoms with Gasteiger partial charge in [0, 0.05) is 27.5 Å². The molecular weight excluding hydrogens is 298 g/mol.